The Bertz CT molecular complexity index is 316. The largest absolute Gasteiger partial charge is 0.397 e. The first kappa shape index (κ1) is 9.35. The number of rotatable bonds is 2. The molecule has 0 aromatic heterocycles. The molecular weight excluding hydrogens is 196 g/mol. The van der Waals surface area contributed by atoms with Crippen molar-refractivity contribution in [2.24, 2.45) is 0 Å². The van der Waals surface area contributed by atoms with Crippen molar-refractivity contribution in [2.45, 2.75) is 0 Å². The van der Waals surface area contributed by atoms with E-state index in [2.05, 4.69) is 4.72 Å². The van der Waals surface area contributed by atoms with E-state index in [4.69, 9.17) is 17.3 Å². The van der Waals surface area contributed by atoms with Crippen molar-refractivity contribution in [3.05, 3.63) is 23.2 Å². The highest BCUT2D eigenvalue weighted by Crippen LogP contribution is 2.22. The van der Waals surface area contributed by atoms with Gasteiger partial charge in [-0.1, -0.05) is 11.6 Å². The Labute approximate surface area is 78.5 Å². The van der Waals surface area contributed by atoms with Crippen molar-refractivity contribution in [1.82, 2.24) is 0 Å². The smallest absolute Gasteiger partial charge is 0.114 e. The third kappa shape index (κ3) is 2.39. The van der Waals surface area contributed by atoms with Crippen LogP contribution in [0.15, 0.2) is 18.2 Å². The quantitative estimate of drug-likeness (QED) is 0.720. The lowest BCUT2D eigenvalue weighted by Gasteiger charge is -2.05. The Balaban J connectivity index is 2.97. The van der Waals surface area contributed by atoms with Crippen LogP contribution in [0, 0.1) is 0 Å². The molecule has 1 aromatic carbocycles. The number of hydrogen-bond acceptors (Lipinski definition) is 2. The highest BCUT2D eigenvalue weighted by Gasteiger charge is 1.99. The number of hydrogen-bond donors (Lipinski definition) is 2. The zero-order valence-electron chi connectivity index (χ0n) is 6.50. The van der Waals surface area contributed by atoms with Crippen molar-refractivity contribution in [1.29, 1.82) is 0 Å². The summed E-state index contributed by atoms with van der Waals surface area (Å²) in [4.78, 5) is 0. The normalized spacial score (nSPS) is 12.5. The summed E-state index contributed by atoms with van der Waals surface area (Å²) in [5.74, 6) is 0. The molecule has 0 spiro atoms. The van der Waals surface area contributed by atoms with E-state index in [1.165, 1.54) is 6.26 Å². The zero-order valence-corrected chi connectivity index (χ0v) is 8.08. The Morgan fingerprint density at radius 3 is 2.83 bits per heavy atom. The first-order valence-electron chi connectivity index (χ1n) is 3.24. The molecule has 0 amide bonds. The molecule has 0 bridgehead atoms. The molecular formula is C7H9ClN2OS. The van der Waals surface area contributed by atoms with Crippen LogP contribution in [-0.4, -0.2) is 10.5 Å². The van der Waals surface area contributed by atoms with Gasteiger partial charge in [0.05, 0.1) is 11.4 Å². The van der Waals surface area contributed by atoms with Crippen LogP contribution >= 0.6 is 11.6 Å². The summed E-state index contributed by atoms with van der Waals surface area (Å²) in [6.45, 7) is 0. The maximum absolute atomic E-state index is 10.8. The van der Waals surface area contributed by atoms with E-state index in [1.54, 1.807) is 18.2 Å². The molecule has 1 rings (SSSR count). The van der Waals surface area contributed by atoms with E-state index < -0.39 is 11.0 Å². The minimum atomic E-state index is -1.12. The molecule has 0 heterocycles. The molecule has 1 aromatic rings. The monoisotopic (exact) mass is 204 g/mol. The van der Waals surface area contributed by atoms with Crippen molar-refractivity contribution in [2.75, 3.05) is 16.7 Å². The number of anilines is 2. The molecule has 1 atom stereocenters. The molecule has 0 radical (unpaired) electrons. The van der Waals surface area contributed by atoms with Gasteiger partial charge < -0.3 is 10.5 Å². The van der Waals surface area contributed by atoms with Gasteiger partial charge in [0.2, 0.25) is 0 Å². The van der Waals surface area contributed by atoms with Gasteiger partial charge >= 0.3 is 0 Å². The maximum Gasteiger partial charge on any atom is 0.114 e. The summed E-state index contributed by atoms with van der Waals surface area (Å²) in [7, 11) is -1.12. The van der Waals surface area contributed by atoms with Gasteiger partial charge in [-0.3, -0.25) is 0 Å². The van der Waals surface area contributed by atoms with Gasteiger partial charge in [-0.05, 0) is 18.2 Å². The van der Waals surface area contributed by atoms with Gasteiger partial charge in [-0.15, -0.1) is 0 Å². The molecule has 0 saturated heterocycles. The fraction of sp³-hybridized carbons (Fsp3) is 0.143. The molecule has 66 valence electrons. The summed E-state index contributed by atoms with van der Waals surface area (Å²) in [6.07, 6.45) is 1.53. The molecule has 3 nitrogen and oxygen atoms in total. The van der Waals surface area contributed by atoms with E-state index >= 15 is 0 Å². The van der Waals surface area contributed by atoms with Gasteiger partial charge in [0.1, 0.15) is 11.0 Å². The number of nitrogens with two attached hydrogens (primary N) is 1. The third-order valence-corrected chi connectivity index (χ3v) is 2.01. The Kier molecular flexibility index (Phi) is 2.94. The predicted octanol–water partition coefficient (Wildman–Crippen LogP) is 1.63. The van der Waals surface area contributed by atoms with Crippen LogP contribution in [0.4, 0.5) is 11.4 Å². The second-order valence-corrected chi connectivity index (χ2v) is 3.84. The van der Waals surface area contributed by atoms with Crippen LogP contribution in [-0.2, 0) is 11.0 Å². The fourth-order valence-corrected chi connectivity index (χ4v) is 1.43. The summed E-state index contributed by atoms with van der Waals surface area (Å²) in [6, 6.07) is 4.98. The summed E-state index contributed by atoms with van der Waals surface area (Å²) >= 11 is 5.71. The number of nitrogen functional groups attached to an aromatic ring is 1. The zero-order chi connectivity index (χ0) is 9.14. The van der Waals surface area contributed by atoms with Crippen LogP contribution in [0.25, 0.3) is 0 Å². The first-order chi connectivity index (χ1) is 5.59. The van der Waals surface area contributed by atoms with Gasteiger partial charge in [0.25, 0.3) is 0 Å². The lowest BCUT2D eigenvalue weighted by molar-refractivity contribution is 0.690. The average molecular weight is 205 g/mol. The minimum absolute atomic E-state index is 0.537. The molecule has 0 aliphatic heterocycles. The van der Waals surface area contributed by atoms with Gasteiger partial charge in [0, 0.05) is 11.3 Å². The summed E-state index contributed by atoms with van der Waals surface area (Å²) < 4.78 is 13.5. The fourth-order valence-electron chi connectivity index (χ4n) is 0.772. The van der Waals surface area contributed by atoms with Crippen molar-refractivity contribution < 1.29 is 4.21 Å². The standard InChI is InChI=1S/C7H9ClN2OS/c1-12(11)10-7-4-5(8)2-3-6(7)9/h2-4,10H,9H2,1H3. The van der Waals surface area contributed by atoms with Gasteiger partial charge in [0.15, 0.2) is 0 Å². The first-order valence-corrected chi connectivity index (χ1v) is 5.18. The number of nitrogens with one attached hydrogen (secondary N) is 1. The highest BCUT2D eigenvalue weighted by atomic mass is 35.5. The molecule has 0 aliphatic rings. The Morgan fingerprint density at radius 2 is 2.25 bits per heavy atom. The van der Waals surface area contributed by atoms with Crippen LogP contribution in [0.5, 0.6) is 0 Å². The second-order valence-electron chi connectivity index (χ2n) is 2.29. The van der Waals surface area contributed by atoms with Crippen LogP contribution in [0.3, 0.4) is 0 Å². The lowest BCUT2D eigenvalue weighted by atomic mass is 10.3. The average Bonchev–Trinajstić information content (AvgIpc) is 1.96. The van der Waals surface area contributed by atoms with E-state index in [0.29, 0.717) is 16.4 Å². The Morgan fingerprint density at radius 1 is 1.58 bits per heavy atom. The maximum atomic E-state index is 10.8. The Hall–Kier alpha value is -0.740. The third-order valence-electron chi connectivity index (χ3n) is 1.27. The summed E-state index contributed by atoms with van der Waals surface area (Å²) in [5, 5.41) is 0.567. The van der Waals surface area contributed by atoms with E-state index in [0.717, 1.165) is 0 Å². The molecule has 0 saturated carbocycles. The van der Waals surface area contributed by atoms with E-state index in [-0.39, 0.29) is 0 Å². The number of benzene rings is 1. The topological polar surface area (TPSA) is 55.1 Å². The molecule has 12 heavy (non-hydrogen) atoms. The molecule has 3 N–H and O–H groups in total. The molecule has 0 fully saturated rings. The second kappa shape index (κ2) is 3.78. The number of halogens is 1. The molecule has 0 aliphatic carbocycles. The highest BCUT2D eigenvalue weighted by molar-refractivity contribution is 7.85. The lowest BCUT2D eigenvalue weighted by Crippen LogP contribution is -2.03. The molecule has 5 heteroatoms. The van der Waals surface area contributed by atoms with Crippen molar-refractivity contribution in [3.8, 4) is 0 Å². The van der Waals surface area contributed by atoms with Crippen molar-refractivity contribution in [3.63, 3.8) is 0 Å². The van der Waals surface area contributed by atoms with Gasteiger partial charge in [-0.2, -0.15) is 0 Å². The van der Waals surface area contributed by atoms with Crippen LogP contribution in [0.2, 0.25) is 5.02 Å². The van der Waals surface area contributed by atoms with Crippen LogP contribution in [0.1, 0.15) is 0 Å². The van der Waals surface area contributed by atoms with Crippen LogP contribution < -0.4 is 10.5 Å². The SMILES string of the molecule is CS(=O)Nc1cc(Cl)ccc1N. The van der Waals surface area contributed by atoms with Crippen molar-refractivity contribution >= 4 is 34.0 Å². The van der Waals surface area contributed by atoms with E-state index in [9.17, 15) is 4.21 Å². The summed E-state index contributed by atoms with van der Waals surface area (Å²) in [5.41, 5.74) is 6.72. The van der Waals surface area contributed by atoms with Gasteiger partial charge in [-0.25, -0.2) is 4.21 Å². The van der Waals surface area contributed by atoms with E-state index in [1.807, 2.05) is 0 Å². The minimum Gasteiger partial charge on any atom is -0.397 e. The predicted molar refractivity (Wildman–Crippen MR) is 53.6 cm³/mol. The molecule has 1 unspecified atom stereocenters.